The van der Waals surface area contributed by atoms with Gasteiger partial charge in [-0.05, 0) is 38.0 Å². The first-order valence-electron chi connectivity index (χ1n) is 7.04. The molecule has 0 aliphatic carbocycles. The van der Waals surface area contributed by atoms with Crippen LogP contribution >= 0.6 is 11.6 Å². The largest absolute Gasteiger partial charge is 0.417 e. The molecule has 1 aliphatic heterocycles. The van der Waals surface area contributed by atoms with E-state index in [4.69, 9.17) is 11.6 Å². The van der Waals surface area contributed by atoms with Crippen LogP contribution in [0.5, 0.6) is 0 Å². The fourth-order valence-corrected chi connectivity index (χ4v) is 2.87. The Morgan fingerprint density at radius 3 is 2.73 bits per heavy atom. The molecule has 7 heteroatoms. The van der Waals surface area contributed by atoms with Gasteiger partial charge in [-0.3, -0.25) is 4.79 Å². The van der Waals surface area contributed by atoms with E-state index in [1.165, 1.54) is 11.0 Å². The van der Waals surface area contributed by atoms with Crippen LogP contribution in [0.4, 0.5) is 13.2 Å². The van der Waals surface area contributed by atoms with Crippen LogP contribution in [-0.2, 0) is 6.18 Å². The Hall–Kier alpha value is -1.27. The van der Waals surface area contributed by atoms with Crippen LogP contribution < -0.4 is 0 Å². The van der Waals surface area contributed by atoms with E-state index < -0.39 is 28.8 Å². The maximum atomic E-state index is 12.9. The first kappa shape index (κ1) is 17.1. The van der Waals surface area contributed by atoms with Gasteiger partial charge in [-0.25, -0.2) is 0 Å². The first-order chi connectivity index (χ1) is 10.2. The predicted molar refractivity (Wildman–Crippen MR) is 76.8 cm³/mol. The molecule has 22 heavy (non-hydrogen) atoms. The lowest BCUT2D eigenvalue weighted by Crippen LogP contribution is -2.43. The summed E-state index contributed by atoms with van der Waals surface area (Å²) in [5, 5.41) is 9.20. The zero-order chi connectivity index (χ0) is 16.5. The molecule has 3 nitrogen and oxygen atoms in total. The van der Waals surface area contributed by atoms with Crippen LogP contribution in [0, 0.1) is 5.92 Å². The van der Waals surface area contributed by atoms with E-state index in [0.29, 0.717) is 13.1 Å². The Balaban J connectivity index is 2.23. The molecule has 1 aromatic carbocycles. The zero-order valence-electron chi connectivity index (χ0n) is 12.0. The number of alkyl halides is 3. The number of rotatable bonds is 2. The van der Waals surface area contributed by atoms with E-state index in [9.17, 15) is 23.1 Å². The number of piperidine rings is 1. The van der Waals surface area contributed by atoms with Crippen molar-refractivity contribution in [1.29, 1.82) is 0 Å². The fourth-order valence-electron chi connectivity index (χ4n) is 2.65. The highest BCUT2D eigenvalue weighted by Crippen LogP contribution is 2.35. The fraction of sp³-hybridized carbons (Fsp3) is 0.533. The van der Waals surface area contributed by atoms with Crippen LogP contribution in [-0.4, -0.2) is 35.1 Å². The van der Waals surface area contributed by atoms with Crippen molar-refractivity contribution in [3.8, 4) is 0 Å². The Kier molecular flexibility index (Phi) is 5.02. The average Bonchev–Trinajstić information content (AvgIpc) is 2.46. The molecule has 1 N–H and O–H groups in total. The third kappa shape index (κ3) is 3.73. The van der Waals surface area contributed by atoms with Gasteiger partial charge in [-0.1, -0.05) is 11.6 Å². The standard InChI is InChI=1S/C15H17ClF3NO2/c1-9(21)11-3-2-6-20(8-11)14(22)10-4-5-13(16)12(7-10)15(17,18)19/h4-5,7,9,11,21H,2-3,6,8H2,1H3. The van der Waals surface area contributed by atoms with Crippen LogP contribution in [0.1, 0.15) is 35.7 Å². The van der Waals surface area contributed by atoms with E-state index >= 15 is 0 Å². The molecule has 1 aliphatic rings. The second-order valence-corrected chi connectivity index (χ2v) is 5.99. The molecule has 1 saturated heterocycles. The Labute approximate surface area is 131 Å². The van der Waals surface area contributed by atoms with Crippen molar-refractivity contribution in [2.24, 2.45) is 5.92 Å². The minimum Gasteiger partial charge on any atom is -0.393 e. The number of carbonyl (C=O) groups excluding carboxylic acids is 1. The highest BCUT2D eigenvalue weighted by Gasteiger charge is 2.34. The number of aliphatic hydroxyl groups is 1. The lowest BCUT2D eigenvalue weighted by Gasteiger charge is -2.34. The molecule has 0 bridgehead atoms. The summed E-state index contributed by atoms with van der Waals surface area (Å²) in [6.45, 7) is 2.48. The number of halogens is 4. The number of amides is 1. The molecule has 0 aromatic heterocycles. The van der Waals surface area contributed by atoms with Gasteiger partial charge in [0.2, 0.25) is 0 Å². The van der Waals surface area contributed by atoms with Crippen molar-refractivity contribution < 1.29 is 23.1 Å². The summed E-state index contributed by atoms with van der Waals surface area (Å²) >= 11 is 5.56. The molecule has 2 unspecified atom stereocenters. The van der Waals surface area contributed by atoms with Crippen molar-refractivity contribution in [3.05, 3.63) is 34.3 Å². The van der Waals surface area contributed by atoms with Gasteiger partial charge < -0.3 is 10.0 Å². The maximum absolute atomic E-state index is 12.9. The molecule has 2 atom stereocenters. The van der Waals surface area contributed by atoms with Crippen molar-refractivity contribution in [2.75, 3.05) is 13.1 Å². The number of hydrogen-bond donors (Lipinski definition) is 1. The van der Waals surface area contributed by atoms with E-state index in [2.05, 4.69) is 0 Å². The van der Waals surface area contributed by atoms with E-state index in [-0.39, 0.29) is 11.5 Å². The molecular formula is C15H17ClF3NO2. The summed E-state index contributed by atoms with van der Waals surface area (Å²) in [5.41, 5.74) is -1.05. The first-order valence-corrected chi connectivity index (χ1v) is 7.42. The molecule has 1 heterocycles. The summed E-state index contributed by atoms with van der Waals surface area (Å²) in [6, 6.07) is 3.18. The molecule has 122 valence electrons. The summed E-state index contributed by atoms with van der Waals surface area (Å²) < 4.78 is 38.6. The van der Waals surface area contributed by atoms with Gasteiger partial charge in [0.25, 0.3) is 5.91 Å². The summed E-state index contributed by atoms with van der Waals surface area (Å²) in [7, 11) is 0. The number of benzene rings is 1. The Bertz CT molecular complexity index is 560. The van der Waals surface area contributed by atoms with Crippen LogP contribution in [0.2, 0.25) is 5.02 Å². The van der Waals surface area contributed by atoms with Gasteiger partial charge in [-0.15, -0.1) is 0 Å². The van der Waals surface area contributed by atoms with Crippen molar-refractivity contribution in [3.63, 3.8) is 0 Å². The van der Waals surface area contributed by atoms with Crippen LogP contribution in [0.25, 0.3) is 0 Å². The van der Waals surface area contributed by atoms with Crippen LogP contribution in [0.15, 0.2) is 18.2 Å². The minimum atomic E-state index is -4.60. The van der Waals surface area contributed by atoms with Crippen molar-refractivity contribution in [2.45, 2.75) is 32.0 Å². The monoisotopic (exact) mass is 335 g/mol. The minimum absolute atomic E-state index is 0.0389. The predicted octanol–water partition coefficient (Wildman–Crippen LogP) is 3.59. The summed E-state index contributed by atoms with van der Waals surface area (Å²) in [4.78, 5) is 13.9. The van der Waals surface area contributed by atoms with Crippen molar-refractivity contribution >= 4 is 17.5 Å². The molecule has 1 aromatic rings. The number of likely N-dealkylation sites (tertiary alicyclic amines) is 1. The third-order valence-electron chi connectivity index (χ3n) is 3.95. The van der Waals surface area contributed by atoms with Gasteiger partial charge in [-0.2, -0.15) is 13.2 Å². The van der Waals surface area contributed by atoms with Gasteiger partial charge in [0.05, 0.1) is 16.7 Å². The van der Waals surface area contributed by atoms with Gasteiger partial charge >= 0.3 is 6.18 Å². The topological polar surface area (TPSA) is 40.5 Å². The lowest BCUT2D eigenvalue weighted by atomic mass is 9.93. The number of hydrogen-bond acceptors (Lipinski definition) is 2. The second-order valence-electron chi connectivity index (χ2n) is 5.59. The van der Waals surface area contributed by atoms with Gasteiger partial charge in [0.1, 0.15) is 0 Å². The van der Waals surface area contributed by atoms with E-state index in [1.54, 1.807) is 6.92 Å². The molecule has 0 radical (unpaired) electrons. The number of aliphatic hydroxyl groups excluding tert-OH is 1. The molecular weight excluding hydrogens is 319 g/mol. The van der Waals surface area contributed by atoms with Crippen LogP contribution in [0.3, 0.4) is 0 Å². The van der Waals surface area contributed by atoms with E-state index in [1.807, 2.05) is 0 Å². The molecule has 1 amide bonds. The smallest absolute Gasteiger partial charge is 0.393 e. The molecule has 0 saturated carbocycles. The summed E-state index contributed by atoms with van der Waals surface area (Å²) in [5.74, 6) is -0.514. The zero-order valence-corrected chi connectivity index (χ0v) is 12.8. The van der Waals surface area contributed by atoms with Gasteiger partial charge in [0.15, 0.2) is 0 Å². The number of carbonyl (C=O) groups is 1. The lowest BCUT2D eigenvalue weighted by molar-refractivity contribution is -0.137. The maximum Gasteiger partial charge on any atom is 0.417 e. The average molecular weight is 336 g/mol. The molecule has 1 fully saturated rings. The molecule has 2 rings (SSSR count). The Morgan fingerprint density at radius 2 is 2.14 bits per heavy atom. The normalized spacial score (nSPS) is 20.8. The van der Waals surface area contributed by atoms with Gasteiger partial charge in [0, 0.05) is 24.6 Å². The second kappa shape index (κ2) is 6.46. The van der Waals surface area contributed by atoms with E-state index in [0.717, 1.165) is 25.0 Å². The van der Waals surface area contributed by atoms with Crippen molar-refractivity contribution in [1.82, 2.24) is 4.90 Å². The summed E-state index contributed by atoms with van der Waals surface area (Å²) in [6.07, 6.45) is -3.62. The quantitative estimate of drug-likeness (QED) is 0.897. The highest BCUT2D eigenvalue weighted by atomic mass is 35.5. The number of nitrogens with zero attached hydrogens (tertiary/aromatic N) is 1. The Morgan fingerprint density at radius 1 is 1.45 bits per heavy atom. The third-order valence-corrected chi connectivity index (χ3v) is 4.28. The molecule has 0 spiro atoms. The SMILES string of the molecule is CC(O)C1CCCN(C(=O)c2ccc(Cl)c(C(F)(F)F)c2)C1. The highest BCUT2D eigenvalue weighted by molar-refractivity contribution is 6.31.